The van der Waals surface area contributed by atoms with E-state index in [0.717, 1.165) is 15.7 Å². The van der Waals surface area contributed by atoms with E-state index >= 15 is 0 Å². The molecule has 0 spiro atoms. The Labute approximate surface area is 127 Å². The first-order valence-corrected chi connectivity index (χ1v) is 6.56. The largest absolute Gasteiger partial charge is 0.322 e. The molecule has 2 aromatic carbocycles. The summed E-state index contributed by atoms with van der Waals surface area (Å²) in [6.45, 7) is 0. The molecule has 1 N–H and O–H groups in total. The van der Waals surface area contributed by atoms with Gasteiger partial charge in [0, 0.05) is 20.9 Å². The molecule has 0 radical (unpaired) electrons. The van der Waals surface area contributed by atoms with Gasteiger partial charge in [0.15, 0.2) is 0 Å². The van der Waals surface area contributed by atoms with Crippen molar-refractivity contribution in [1.29, 1.82) is 0 Å². The summed E-state index contributed by atoms with van der Waals surface area (Å²) in [7, 11) is 0. The minimum atomic E-state index is -0.971. The van der Waals surface area contributed by atoms with Gasteiger partial charge in [-0.15, -0.1) is 0 Å². The van der Waals surface area contributed by atoms with E-state index in [2.05, 4.69) is 27.9 Å². The van der Waals surface area contributed by atoms with Gasteiger partial charge in [0.2, 0.25) is 5.82 Å². The van der Waals surface area contributed by atoms with Crippen LogP contribution in [0.15, 0.2) is 42.5 Å². The molecule has 0 aliphatic heterocycles. The third-order valence-electron chi connectivity index (χ3n) is 2.49. The molecule has 102 valence electrons. The Morgan fingerprint density at radius 2 is 2.00 bits per heavy atom. The van der Waals surface area contributed by atoms with Crippen LogP contribution < -0.4 is 5.32 Å². The molecular formula is C13H8FIN2O3. The summed E-state index contributed by atoms with van der Waals surface area (Å²) in [5.74, 6) is -1.50. The summed E-state index contributed by atoms with van der Waals surface area (Å²) in [5, 5.41) is 13.2. The van der Waals surface area contributed by atoms with Gasteiger partial charge >= 0.3 is 5.69 Å². The third kappa shape index (κ3) is 3.29. The SMILES string of the molecule is O=C(Nc1cccc([125I])c1)c1ccc(F)c([N+](=O)[O-])c1. The summed E-state index contributed by atoms with van der Waals surface area (Å²) in [5.41, 5.74) is -0.133. The summed E-state index contributed by atoms with van der Waals surface area (Å²) in [6.07, 6.45) is 0. The van der Waals surface area contributed by atoms with Crippen molar-refractivity contribution >= 4 is 39.9 Å². The number of benzene rings is 2. The molecule has 20 heavy (non-hydrogen) atoms. The lowest BCUT2D eigenvalue weighted by molar-refractivity contribution is -0.387. The maximum absolute atomic E-state index is 13.2. The van der Waals surface area contributed by atoms with Crippen LogP contribution >= 0.6 is 22.6 Å². The van der Waals surface area contributed by atoms with E-state index in [9.17, 15) is 19.3 Å². The van der Waals surface area contributed by atoms with Gasteiger partial charge in [-0.2, -0.15) is 4.39 Å². The molecule has 0 saturated carbocycles. The maximum Gasteiger partial charge on any atom is 0.305 e. The van der Waals surface area contributed by atoms with Crippen molar-refractivity contribution in [2.75, 3.05) is 5.32 Å². The van der Waals surface area contributed by atoms with Gasteiger partial charge < -0.3 is 5.32 Å². The highest BCUT2D eigenvalue weighted by Gasteiger charge is 2.17. The van der Waals surface area contributed by atoms with Crippen LogP contribution in [-0.4, -0.2) is 10.8 Å². The lowest BCUT2D eigenvalue weighted by atomic mass is 10.1. The van der Waals surface area contributed by atoms with Crippen molar-refractivity contribution in [3.05, 3.63) is 67.5 Å². The zero-order chi connectivity index (χ0) is 14.7. The van der Waals surface area contributed by atoms with Gasteiger partial charge in [0.1, 0.15) is 0 Å². The third-order valence-corrected chi connectivity index (χ3v) is 3.16. The van der Waals surface area contributed by atoms with E-state index < -0.39 is 22.3 Å². The zero-order valence-electron chi connectivity index (χ0n) is 9.97. The molecule has 0 fully saturated rings. The van der Waals surface area contributed by atoms with E-state index in [1.807, 2.05) is 6.07 Å². The van der Waals surface area contributed by atoms with Crippen LogP contribution in [0.4, 0.5) is 15.8 Å². The average Bonchev–Trinajstić information content (AvgIpc) is 2.38. The van der Waals surface area contributed by atoms with Crippen molar-refractivity contribution in [3.8, 4) is 0 Å². The molecule has 0 aromatic heterocycles. The van der Waals surface area contributed by atoms with E-state index in [4.69, 9.17) is 0 Å². The molecule has 2 aromatic rings. The van der Waals surface area contributed by atoms with Crippen LogP contribution in [-0.2, 0) is 0 Å². The second-order valence-corrected chi connectivity index (χ2v) is 5.13. The fourth-order valence-corrected chi connectivity index (χ4v) is 2.11. The highest BCUT2D eigenvalue weighted by Crippen LogP contribution is 2.20. The Morgan fingerprint density at radius 3 is 2.65 bits per heavy atom. The molecule has 0 aliphatic carbocycles. The molecule has 0 saturated heterocycles. The van der Waals surface area contributed by atoms with Gasteiger partial charge in [-0.1, -0.05) is 6.07 Å². The Balaban J connectivity index is 2.26. The quantitative estimate of drug-likeness (QED) is 0.500. The normalized spacial score (nSPS) is 10.1. The number of rotatable bonds is 3. The van der Waals surface area contributed by atoms with E-state index in [-0.39, 0.29) is 5.56 Å². The van der Waals surface area contributed by atoms with E-state index in [1.165, 1.54) is 6.07 Å². The summed E-state index contributed by atoms with van der Waals surface area (Å²) < 4.78 is 14.1. The number of carbonyl (C=O) groups is 1. The molecule has 7 heteroatoms. The number of hydrogen-bond acceptors (Lipinski definition) is 3. The highest BCUT2D eigenvalue weighted by atomic mass is 125. The number of hydrogen-bond donors (Lipinski definition) is 1. The number of anilines is 1. The molecule has 0 atom stereocenters. The van der Waals surface area contributed by atoms with Crippen LogP contribution in [0, 0.1) is 19.5 Å². The first-order chi connectivity index (χ1) is 9.47. The van der Waals surface area contributed by atoms with Gasteiger partial charge in [-0.25, -0.2) is 0 Å². The molecule has 0 bridgehead atoms. The molecule has 0 aliphatic rings. The predicted octanol–water partition coefficient (Wildman–Crippen LogP) is 3.59. The number of amides is 1. The van der Waals surface area contributed by atoms with Gasteiger partial charge in [0.25, 0.3) is 5.91 Å². The van der Waals surface area contributed by atoms with Crippen molar-refractivity contribution in [3.63, 3.8) is 0 Å². The van der Waals surface area contributed by atoms with Crippen LogP contribution in [0.1, 0.15) is 10.4 Å². The summed E-state index contributed by atoms with van der Waals surface area (Å²) in [6, 6.07) is 10.1. The number of nitro benzene ring substituents is 1. The molecular weight excluding hydrogens is 376 g/mol. The molecule has 2 rings (SSSR count). The smallest absolute Gasteiger partial charge is 0.305 e. The fourth-order valence-electron chi connectivity index (χ4n) is 1.56. The number of nitro groups is 1. The van der Waals surface area contributed by atoms with Crippen LogP contribution in [0.25, 0.3) is 0 Å². The monoisotopic (exact) mass is 384 g/mol. The Hall–Kier alpha value is -2.03. The summed E-state index contributed by atoms with van der Waals surface area (Å²) in [4.78, 5) is 21.7. The fraction of sp³-hybridized carbons (Fsp3) is 0. The second kappa shape index (κ2) is 5.95. The second-order valence-electron chi connectivity index (χ2n) is 3.89. The lowest BCUT2D eigenvalue weighted by Gasteiger charge is -2.05. The predicted molar refractivity (Wildman–Crippen MR) is 80.2 cm³/mol. The first-order valence-electron chi connectivity index (χ1n) is 5.48. The Morgan fingerprint density at radius 1 is 1.25 bits per heavy atom. The minimum Gasteiger partial charge on any atom is -0.322 e. The number of carbonyl (C=O) groups excluding carboxylic acids is 1. The van der Waals surface area contributed by atoms with Crippen molar-refractivity contribution < 1.29 is 14.1 Å². The number of halogens is 2. The van der Waals surface area contributed by atoms with E-state index in [0.29, 0.717) is 5.69 Å². The van der Waals surface area contributed by atoms with Crippen LogP contribution in [0.2, 0.25) is 0 Å². The van der Waals surface area contributed by atoms with Gasteiger partial charge in [-0.05, 0) is 52.9 Å². The molecule has 5 nitrogen and oxygen atoms in total. The standard InChI is InChI=1S/C13H8FIN2O3/c14-11-5-4-8(6-12(11)17(19)20)13(18)16-10-3-1-2-9(15)7-10/h1-7H,(H,16,18)/i15-2. The van der Waals surface area contributed by atoms with Crippen molar-refractivity contribution in [1.82, 2.24) is 0 Å². The van der Waals surface area contributed by atoms with Gasteiger partial charge in [-0.3, -0.25) is 14.9 Å². The highest BCUT2D eigenvalue weighted by molar-refractivity contribution is 14.1. The lowest BCUT2D eigenvalue weighted by Crippen LogP contribution is -2.12. The number of nitrogens with zero attached hydrogens (tertiary/aromatic N) is 1. The average molecular weight is 384 g/mol. The summed E-state index contributed by atoms with van der Waals surface area (Å²) >= 11 is 2.09. The van der Waals surface area contributed by atoms with Crippen LogP contribution in [0.3, 0.4) is 0 Å². The minimum absolute atomic E-state index is 0.0250. The maximum atomic E-state index is 13.2. The van der Waals surface area contributed by atoms with Crippen molar-refractivity contribution in [2.24, 2.45) is 0 Å². The Bertz CT molecular complexity index is 691. The topological polar surface area (TPSA) is 72.2 Å². The van der Waals surface area contributed by atoms with Crippen molar-refractivity contribution in [2.45, 2.75) is 0 Å². The molecule has 0 unspecified atom stereocenters. The van der Waals surface area contributed by atoms with Gasteiger partial charge in [0.05, 0.1) is 4.92 Å². The van der Waals surface area contributed by atoms with Crippen LogP contribution in [0.5, 0.6) is 0 Å². The Kier molecular flexibility index (Phi) is 4.28. The molecule has 1 amide bonds. The first kappa shape index (κ1) is 14.4. The molecule has 0 heterocycles. The number of nitrogens with one attached hydrogen (secondary N) is 1. The zero-order valence-corrected chi connectivity index (χ0v) is 12.1. The van der Waals surface area contributed by atoms with E-state index in [1.54, 1.807) is 18.2 Å².